The molecule has 0 atom stereocenters. The van der Waals surface area contributed by atoms with E-state index in [2.05, 4.69) is 42.5 Å². The molecule has 0 unspecified atom stereocenters. The monoisotopic (exact) mass is 715 g/mol. The van der Waals surface area contributed by atoms with Crippen LogP contribution in [0.15, 0.2) is 170 Å². The highest BCUT2D eigenvalue weighted by molar-refractivity contribution is 6.12. The standard InChI is InChI=1S/C49H28F3N3/c50-35-27-41(51)49(42(52)28-35)34-25-47(54-43-17-9-7-15-36(43)38-21-19-32(23-45(38)54)30-11-3-1-4-12-30)40(29-53)48(26-34)55-44-18-10-8-16-37(44)39-22-20-33(24-46(39)55)31-13-5-2-6-14-31/h1-28H. The van der Waals surface area contributed by atoms with E-state index >= 15 is 8.78 Å². The molecule has 3 nitrogen and oxygen atoms in total. The van der Waals surface area contributed by atoms with Gasteiger partial charge in [0.05, 0.1) is 39.0 Å². The summed E-state index contributed by atoms with van der Waals surface area (Å²) in [7, 11) is 0. The summed E-state index contributed by atoms with van der Waals surface area (Å²) in [5.74, 6) is -3.10. The molecule has 55 heavy (non-hydrogen) atoms. The van der Waals surface area contributed by atoms with Gasteiger partial charge in [-0.15, -0.1) is 0 Å². The first-order valence-corrected chi connectivity index (χ1v) is 17.9. The molecule has 0 bridgehead atoms. The first-order chi connectivity index (χ1) is 27.0. The number of aromatic nitrogens is 2. The summed E-state index contributed by atoms with van der Waals surface area (Å²) in [6.07, 6.45) is 0. The van der Waals surface area contributed by atoms with Crippen molar-refractivity contribution < 1.29 is 13.2 Å². The molecule has 0 aliphatic rings. The number of nitrogens with zero attached hydrogens (tertiary/aromatic N) is 3. The van der Waals surface area contributed by atoms with E-state index in [0.717, 1.165) is 65.9 Å². The molecular formula is C49H28F3N3. The number of nitriles is 1. The van der Waals surface area contributed by atoms with Gasteiger partial charge in [0.1, 0.15) is 29.1 Å². The lowest BCUT2D eigenvalue weighted by molar-refractivity contribution is 0.548. The Bertz CT molecular complexity index is 2990. The van der Waals surface area contributed by atoms with Crippen LogP contribution in [-0.4, -0.2) is 9.13 Å². The lowest BCUT2D eigenvalue weighted by atomic mass is 9.98. The maximum absolute atomic E-state index is 15.9. The van der Waals surface area contributed by atoms with E-state index in [-0.39, 0.29) is 11.1 Å². The second kappa shape index (κ2) is 12.6. The molecule has 0 aliphatic heterocycles. The molecule has 0 fully saturated rings. The fraction of sp³-hybridized carbons (Fsp3) is 0. The maximum atomic E-state index is 15.9. The third kappa shape index (κ3) is 5.13. The van der Waals surface area contributed by atoms with E-state index in [1.54, 1.807) is 12.1 Å². The van der Waals surface area contributed by atoms with Gasteiger partial charge in [0.15, 0.2) is 0 Å². The Kier molecular flexibility index (Phi) is 7.43. The number of benzene rings is 8. The molecule has 0 saturated heterocycles. The van der Waals surface area contributed by atoms with Gasteiger partial charge in [0, 0.05) is 33.7 Å². The molecule has 0 saturated carbocycles. The summed E-state index contributed by atoms with van der Waals surface area (Å²) in [6, 6.07) is 55.5. The van der Waals surface area contributed by atoms with Crippen LogP contribution in [-0.2, 0) is 0 Å². The summed E-state index contributed by atoms with van der Waals surface area (Å²) < 4.78 is 50.1. The molecule has 0 spiro atoms. The fourth-order valence-corrected chi connectivity index (χ4v) is 8.12. The summed E-state index contributed by atoms with van der Waals surface area (Å²) in [4.78, 5) is 0. The quantitative estimate of drug-likeness (QED) is 0.175. The Morgan fingerprint density at radius 2 is 0.800 bits per heavy atom. The van der Waals surface area contributed by atoms with Crippen molar-refractivity contribution in [3.05, 3.63) is 193 Å². The Balaban J connectivity index is 1.37. The van der Waals surface area contributed by atoms with Crippen molar-refractivity contribution in [2.45, 2.75) is 0 Å². The minimum Gasteiger partial charge on any atom is -0.308 e. The number of halogens is 3. The van der Waals surface area contributed by atoms with Gasteiger partial charge in [0.25, 0.3) is 0 Å². The highest BCUT2D eigenvalue weighted by atomic mass is 19.1. The van der Waals surface area contributed by atoms with Gasteiger partial charge in [-0.05, 0) is 64.2 Å². The summed E-state index contributed by atoms with van der Waals surface area (Å²) in [5, 5.41) is 15.1. The SMILES string of the molecule is N#Cc1c(-n2c3ccccc3c3ccc(-c4ccccc4)cc32)cc(-c2c(F)cc(F)cc2F)cc1-n1c2ccccc2c2ccc(-c3ccccc3)cc21. The number of rotatable bonds is 5. The van der Waals surface area contributed by atoms with Crippen LogP contribution in [0, 0.1) is 28.8 Å². The molecule has 0 N–H and O–H groups in total. The van der Waals surface area contributed by atoms with E-state index < -0.39 is 17.5 Å². The molecule has 10 rings (SSSR count). The van der Waals surface area contributed by atoms with Gasteiger partial charge in [-0.25, -0.2) is 13.2 Å². The Labute approximate surface area is 314 Å². The van der Waals surface area contributed by atoms with Crippen LogP contribution in [0.25, 0.3) is 88.4 Å². The van der Waals surface area contributed by atoms with Crippen LogP contribution in [0.5, 0.6) is 0 Å². The lowest BCUT2D eigenvalue weighted by Gasteiger charge is -2.19. The third-order valence-corrected chi connectivity index (χ3v) is 10.5. The van der Waals surface area contributed by atoms with Crippen LogP contribution in [0.4, 0.5) is 13.2 Å². The number of para-hydroxylation sites is 2. The average Bonchev–Trinajstić information content (AvgIpc) is 3.73. The van der Waals surface area contributed by atoms with Crippen molar-refractivity contribution in [1.29, 1.82) is 5.26 Å². The summed E-state index contributed by atoms with van der Waals surface area (Å²) in [6.45, 7) is 0. The van der Waals surface area contributed by atoms with Crippen LogP contribution in [0.1, 0.15) is 5.56 Å². The topological polar surface area (TPSA) is 33.6 Å². The van der Waals surface area contributed by atoms with Gasteiger partial charge < -0.3 is 9.13 Å². The fourth-order valence-electron chi connectivity index (χ4n) is 8.12. The number of hydrogen-bond donors (Lipinski definition) is 0. The van der Waals surface area contributed by atoms with Crippen LogP contribution in [0.2, 0.25) is 0 Å². The zero-order valence-electron chi connectivity index (χ0n) is 29.1. The summed E-state index contributed by atoms with van der Waals surface area (Å²) >= 11 is 0. The van der Waals surface area contributed by atoms with Crippen molar-refractivity contribution in [1.82, 2.24) is 9.13 Å². The average molecular weight is 716 g/mol. The molecule has 8 aromatic carbocycles. The normalized spacial score (nSPS) is 11.5. The van der Waals surface area contributed by atoms with Crippen LogP contribution < -0.4 is 0 Å². The van der Waals surface area contributed by atoms with Crippen molar-refractivity contribution in [3.63, 3.8) is 0 Å². The van der Waals surface area contributed by atoms with Gasteiger partial charge in [0.2, 0.25) is 0 Å². The Morgan fingerprint density at radius 1 is 0.382 bits per heavy atom. The highest BCUT2D eigenvalue weighted by Crippen LogP contribution is 2.42. The van der Waals surface area contributed by atoms with Crippen molar-refractivity contribution in [2.75, 3.05) is 0 Å². The Morgan fingerprint density at radius 3 is 1.25 bits per heavy atom. The van der Waals surface area contributed by atoms with Gasteiger partial charge in [-0.1, -0.05) is 121 Å². The number of fused-ring (bicyclic) bond motifs is 6. The highest BCUT2D eigenvalue weighted by Gasteiger charge is 2.25. The third-order valence-electron chi connectivity index (χ3n) is 10.5. The second-order valence-corrected chi connectivity index (χ2v) is 13.6. The first kappa shape index (κ1) is 32.3. The molecule has 0 aliphatic carbocycles. The minimum absolute atomic E-state index is 0.161. The Hall–Kier alpha value is -7.36. The molecule has 2 heterocycles. The van der Waals surface area contributed by atoms with Crippen LogP contribution in [0.3, 0.4) is 0 Å². The maximum Gasteiger partial charge on any atom is 0.136 e. The van der Waals surface area contributed by atoms with E-state index in [0.29, 0.717) is 29.1 Å². The first-order valence-electron chi connectivity index (χ1n) is 17.9. The molecular weight excluding hydrogens is 688 g/mol. The zero-order chi connectivity index (χ0) is 37.2. The number of hydrogen-bond acceptors (Lipinski definition) is 1. The predicted molar refractivity (Wildman–Crippen MR) is 216 cm³/mol. The predicted octanol–water partition coefficient (Wildman–Crippen LogP) is 13.2. The van der Waals surface area contributed by atoms with Gasteiger partial charge >= 0.3 is 0 Å². The molecule has 10 aromatic rings. The van der Waals surface area contributed by atoms with Gasteiger partial charge in [-0.3, -0.25) is 0 Å². The summed E-state index contributed by atoms with van der Waals surface area (Å²) in [5.41, 5.74) is 8.18. The molecule has 6 heteroatoms. The van der Waals surface area contributed by atoms with E-state index in [4.69, 9.17) is 0 Å². The van der Waals surface area contributed by atoms with Crippen LogP contribution >= 0.6 is 0 Å². The van der Waals surface area contributed by atoms with E-state index in [9.17, 15) is 9.65 Å². The van der Waals surface area contributed by atoms with Crippen molar-refractivity contribution >= 4 is 43.6 Å². The van der Waals surface area contributed by atoms with Crippen molar-refractivity contribution in [2.24, 2.45) is 0 Å². The lowest BCUT2D eigenvalue weighted by Crippen LogP contribution is -2.06. The van der Waals surface area contributed by atoms with Gasteiger partial charge in [-0.2, -0.15) is 5.26 Å². The van der Waals surface area contributed by atoms with Crippen molar-refractivity contribution in [3.8, 4) is 50.8 Å². The molecule has 260 valence electrons. The van der Waals surface area contributed by atoms with E-state index in [1.165, 1.54) is 0 Å². The molecule has 2 aromatic heterocycles. The molecule has 0 radical (unpaired) electrons. The molecule has 0 amide bonds. The smallest absolute Gasteiger partial charge is 0.136 e. The zero-order valence-corrected chi connectivity index (χ0v) is 29.1. The second-order valence-electron chi connectivity index (χ2n) is 13.6. The largest absolute Gasteiger partial charge is 0.308 e. The minimum atomic E-state index is -1.04. The van der Waals surface area contributed by atoms with E-state index in [1.807, 2.05) is 118 Å².